The lowest BCUT2D eigenvalue weighted by atomic mass is 9.68. The van der Waals surface area contributed by atoms with Crippen LogP contribution in [-0.4, -0.2) is 56.4 Å². The van der Waals surface area contributed by atoms with E-state index in [4.69, 9.17) is 23.3 Å². The molecule has 3 rings (SSSR count). The molecule has 1 N–H and O–H groups in total. The highest BCUT2D eigenvalue weighted by atomic mass is 31.2. The number of ether oxygens (including phenoxy) is 3. The average Bonchev–Trinajstić information content (AvgIpc) is 3.09. The van der Waals surface area contributed by atoms with Gasteiger partial charge in [0.2, 0.25) is 6.79 Å². The van der Waals surface area contributed by atoms with Crippen LogP contribution in [0.3, 0.4) is 0 Å². The Bertz CT molecular complexity index is 917. The number of benzene rings is 1. The van der Waals surface area contributed by atoms with Gasteiger partial charge in [-0.1, -0.05) is 19.9 Å². The fraction of sp³-hybridized carbons (Fsp3) is 0.591. The third kappa shape index (κ3) is 5.12. The molecule has 3 atom stereocenters. The van der Waals surface area contributed by atoms with E-state index in [0.29, 0.717) is 30.1 Å². The number of nitrogens with zero attached hydrogens (tertiary/aromatic N) is 1. The predicted molar refractivity (Wildman–Crippen MR) is 117 cm³/mol. The maximum absolute atomic E-state index is 12.3. The van der Waals surface area contributed by atoms with E-state index in [-0.39, 0.29) is 17.4 Å². The summed E-state index contributed by atoms with van der Waals surface area (Å²) in [7, 11) is 0.834. The highest BCUT2D eigenvalue weighted by molar-refractivity contribution is 7.47. The first-order valence-corrected chi connectivity index (χ1v) is 12.1. The molecule has 0 spiro atoms. The summed E-state index contributed by atoms with van der Waals surface area (Å²) in [6.45, 7) is 3.56. The lowest BCUT2D eigenvalue weighted by Gasteiger charge is -2.41. The first-order valence-electron chi connectivity index (χ1n) is 10.6. The number of allylic oxidation sites excluding steroid dienone is 1. The first-order chi connectivity index (χ1) is 15.1. The summed E-state index contributed by atoms with van der Waals surface area (Å²) in [4.78, 5) is 23.8. The normalized spacial score (nSPS) is 25.0. The van der Waals surface area contributed by atoms with Crippen LogP contribution in [0, 0.1) is 5.92 Å². The fourth-order valence-corrected chi connectivity index (χ4v) is 5.13. The monoisotopic (exact) mass is 469 g/mol. The van der Waals surface area contributed by atoms with Crippen LogP contribution in [0.1, 0.15) is 38.7 Å². The number of phosphoric ester groups is 1. The Kier molecular flexibility index (Phi) is 7.55. The van der Waals surface area contributed by atoms with Gasteiger partial charge in [-0.3, -0.25) is 9.69 Å². The number of likely N-dealkylation sites (tertiary alicyclic amines) is 1. The van der Waals surface area contributed by atoms with Gasteiger partial charge in [0.15, 0.2) is 11.5 Å². The second-order valence-corrected chi connectivity index (χ2v) is 9.85. The molecule has 1 aliphatic carbocycles. The number of fused-ring (bicyclic) bond motifs is 1. The van der Waals surface area contributed by atoms with Crippen molar-refractivity contribution < 1.29 is 37.5 Å². The first kappa shape index (κ1) is 24.6. The van der Waals surface area contributed by atoms with Gasteiger partial charge in [-0.15, -0.1) is 0 Å². The van der Waals surface area contributed by atoms with E-state index < -0.39 is 20.6 Å². The van der Waals surface area contributed by atoms with Gasteiger partial charge >= 0.3 is 13.8 Å². The van der Waals surface area contributed by atoms with Gasteiger partial charge < -0.3 is 23.6 Å². The van der Waals surface area contributed by atoms with E-state index in [0.717, 1.165) is 18.5 Å². The van der Waals surface area contributed by atoms with Crippen molar-refractivity contribution >= 4 is 13.8 Å². The summed E-state index contributed by atoms with van der Waals surface area (Å²) in [5.74, 6) is 0.849. The summed E-state index contributed by atoms with van der Waals surface area (Å²) in [6, 6.07) is 6.03. The molecule has 178 valence electrons. The number of rotatable bonds is 9. The molecule has 1 aromatic carbocycles. The Morgan fingerprint density at radius 3 is 2.66 bits per heavy atom. The van der Waals surface area contributed by atoms with Gasteiger partial charge in [0.1, 0.15) is 5.76 Å². The minimum Gasteiger partial charge on any atom is -0.493 e. The molecule has 0 radical (unpaired) electrons. The Morgan fingerprint density at radius 1 is 1.28 bits per heavy atom. The van der Waals surface area contributed by atoms with Gasteiger partial charge in [-0.2, -0.15) is 0 Å². The van der Waals surface area contributed by atoms with Crippen molar-refractivity contribution in [2.45, 2.75) is 44.6 Å². The number of phosphoric acid groups is 1. The number of methoxy groups -OCH3 is 2. The summed E-state index contributed by atoms with van der Waals surface area (Å²) >= 11 is 0. The van der Waals surface area contributed by atoms with Crippen molar-refractivity contribution in [3.63, 3.8) is 0 Å². The summed E-state index contributed by atoms with van der Waals surface area (Å²) in [5, 5.41) is 0. The quantitative estimate of drug-likeness (QED) is 0.330. The second kappa shape index (κ2) is 9.83. The van der Waals surface area contributed by atoms with Gasteiger partial charge in [0.05, 0.1) is 20.1 Å². The lowest BCUT2D eigenvalue weighted by Crippen LogP contribution is -2.43. The molecule has 1 aromatic rings. The molecular formula is C22H32NO8P. The Labute approximate surface area is 188 Å². The van der Waals surface area contributed by atoms with Gasteiger partial charge in [-0.25, -0.2) is 9.09 Å². The zero-order valence-electron chi connectivity index (χ0n) is 19.2. The van der Waals surface area contributed by atoms with Crippen molar-refractivity contribution in [1.82, 2.24) is 4.90 Å². The number of hydrogen-bond acceptors (Lipinski definition) is 8. The van der Waals surface area contributed by atoms with Crippen LogP contribution in [-0.2, 0) is 28.6 Å². The number of likely N-dealkylation sites (N-methyl/N-ethyl adjacent to an activating group) is 1. The Balaban J connectivity index is 1.75. The van der Waals surface area contributed by atoms with Crippen LogP contribution in [0.4, 0.5) is 0 Å². The largest absolute Gasteiger partial charge is 0.530 e. The molecule has 1 fully saturated rings. The summed E-state index contributed by atoms with van der Waals surface area (Å²) in [5.41, 5.74) is 0.956. The van der Waals surface area contributed by atoms with E-state index in [1.807, 2.05) is 25.3 Å². The smallest absolute Gasteiger partial charge is 0.493 e. The molecular weight excluding hydrogens is 437 g/mol. The molecule has 2 aliphatic rings. The van der Waals surface area contributed by atoms with Crippen molar-refractivity contribution in [2.24, 2.45) is 5.92 Å². The van der Waals surface area contributed by atoms with E-state index >= 15 is 0 Å². The molecule has 32 heavy (non-hydrogen) atoms. The molecule has 0 bridgehead atoms. The van der Waals surface area contributed by atoms with Crippen molar-refractivity contribution in [1.29, 1.82) is 0 Å². The van der Waals surface area contributed by atoms with E-state index in [9.17, 15) is 14.3 Å². The van der Waals surface area contributed by atoms with Crippen molar-refractivity contribution in [2.75, 3.05) is 34.6 Å². The molecule has 0 saturated carbocycles. The topological polar surface area (TPSA) is 104 Å². The van der Waals surface area contributed by atoms with Crippen LogP contribution >= 0.6 is 7.82 Å². The molecule has 9 nitrogen and oxygen atoms in total. The third-order valence-corrected chi connectivity index (χ3v) is 7.15. The van der Waals surface area contributed by atoms with Gasteiger partial charge in [-0.05, 0) is 50.2 Å². The Hall–Kier alpha value is -2.06. The molecule has 0 aromatic heterocycles. The second-order valence-electron chi connectivity index (χ2n) is 8.48. The SMILES string of the molecule is COc1ccc(C23CC=C(OP(=O)(O)OCOC(=O)C(C)C)CC2N(C)CC3)cc1OC. The highest BCUT2D eigenvalue weighted by Crippen LogP contribution is 2.53. The van der Waals surface area contributed by atoms with E-state index in [1.54, 1.807) is 28.1 Å². The van der Waals surface area contributed by atoms with E-state index in [2.05, 4.69) is 11.0 Å². The van der Waals surface area contributed by atoms with Gasteiger partial charge in [0.25, 0.3) is 0 Å². The zero-order chi connectivity index (χ0) is 23.5. The highest BCUT2D eigenvalue weighted by Gasteiger charge is 2.49. The van der Waals surface area contributed by atoms with Crippen LogP contribution in [0.2, 0.25) is 0 Å². The van der Waals surface area contributed by atoms with E-state index in [1.165, 1.54) is 0 Å². The molecule has 1 heterocycles. The minimum absolute atomic E-state index is 0.0689. The summed E-state index contributed by atoms with van der Waals surface area (Å²) in [6.07, 6.45) is 3.87. The number of esters is 1. The molecule has 0 amide bonds. The predicted octanol–water partition coefficient (Wildman–Crippen LogP) is 3.61. The van der Waals surface area contributed by atoms with Gasteiger partial charge in [0, 0.05) is 17.9 Å². The van der Waals surface area contributed by atoms with Crippen LogP contribution in [0.5, 0.6) is 11.5 Å². The minimum atomic E-state index is -4.42. The lowest BCUT2D eigenvalue weighted by molar-refractivity contribution is -0.154. The molecule has 10 heteroatoms. The zero-order valence-corrected chi connectivity index (χ0v) is 20.1. The van der Waals surface area contributed by atoms with Crippen LogP contribution < -0.4 is 9.47 Å². The Morgan fingerprint density at radius 2 is 2.00 bits per heavy atom. The number of hydrogen-bond donors (Lipinski definition) is 1. The van der Waals surface area contributed by atoms with Crippen LogP contribution in [0.25, 0.3) is 0 Å². The number of carbonyl (C=O) groups is 1. The molecule has 3 unspecified atom stereocenters. The van der Waals surface area contributed by atoms with Crippen molar-refractivity contribution in [3.8, 4) is 11.5 Å². The maximum Gasteiger partial charge on any atom is 0.530 e. The average molecular weight is 469 g/mol. The molecule has 1 saturated heterocycles. The number of carbonyl (C=O) groups excluding carboxylic acids is 1. The standard InChI is InChI=1S/C22H32NO8P/c1-15(2)21(24)29-14-30-32(25,26)31-17-8-9-22(10-11-23(3)20(22)13-17)16-6-7-18(27-4)19(12-16)28-5/h6-8,12,15,20H,9-11,13-14H2,1-5H3,(H,25,26). The maximum atomic E-state index is 12.3. The van der Waals surface area contributed by atoms with Crippen LogP contribution in [0.15, 0.2) is 30.0 Å². The van der Waals surface area contributed by atoms with Crippen molar-refractivity contribution in [3.05, 3.63) is 35.6 Å². The third-order valence-electron chi connectivity index (χ3n) is 6.25. The molecule has 1 aliphatic heterocycles. The fourth-order valence-electron chi connectivity index (χ4n) is 4.45. The summed E-state index contributed by atoms with van der Waals surface area (Å²) < 4.78 is 38.2.